The van der Waals surface area contributed by atoms with Crippen molar-refractivity contribution in [1.29, 1.82) is 0 Å². The van der Waals surface area contributed by atoms with E-state index >= 15 is 0 Å². The van der Waals surface area contributed by atoms with E-state index in [1.54, 1.807) is 0 Å². The Morgan fingerprint density at radius 2 is 2.37 bits per heavy atom. The Kier molecular flexibility index (Phi) is 4.87. The summed E-state index contributed by atoms with van der Waals surface area (Å²) in [5.41, 5.74) is 7.52. The minimum atomic E-state index is 0.229. The van der Waals surface area contributed by atoms with Gasteiger partial charge in [0.05, 0.1) is 25.0 Å². The van der Waals surface area contributed by atoms with Gasteiger partial charge in [0.15, 0.2) is 0 Å². The Morgan fingerprint density at radius 3 is 3.11 bits per heavy atom. The van der Waals surface area contributed by atoms with E-state index < -0.39 is 0 Å². The highest BCUT2D eigenvalue weighted by atomic mass is 16.5. The Bertz CT molecular complexity index is 412. The molecule has 1 aromatic carbocycles. The van der Waals surface area contributed by atoms with Crippen molar-refractivity contribution in [3.63, 3.8) is 0 Å². The van der Waals surface area contributed by atoms with Gasteiger partial charge in [-0.15, -0.1) is 0 Å². The fourth-order valence-electron chi connectivity index (χ4n) is 2.15. The van der Waals surface area contributed by atoms with Crippen molar-refractivity contribution in [2.75, 3.05) is 50.9 Å². The Balaban J connectivity index is 1.90. The normalized spacial score (nSPS) is 20.2. The van der Waals surface area contributed by atoms with Crippen LogP contribution >= 0.6 is 0 Å². The van der Waals surface area contributed by atoms with Crippen molar-refractivity contribution in [3.05, 3.63) is 18.2 Å². The summed E-state index contributed by atoms with van der Waals surface area (Å²) >= 11 is 0. The maximum atomic E-state index is 5.85. The molecule has 2 rings (SSSR count). The summed E-state index contributed by atoms with van der Waals surface area (Å²) in [7, 11) is 2.12. The summed E-state index contributed by atoms with van der Waals surface area (Å²) in [4.78, 5) is 2.28. The summed E-state index contributed by atoms with van der Waals surface area (Å²) in [6.45, 7) is 6.12. The Hall–Kier alpha value is -1.46. The van der Waals surface area contributed by atoms with Crippen LogP contribution in [-0.4, -0.2) is 50.9 Å². The van der Waals surface area contributed by atoms with Crippen LogP contribution in [0.1, 0.15) is 6.92 Å². The molecule has 1 aliphatic heterocycles. The monoisotopic (exact) mass is 265 g/mol. The molecule has 5 nitrogen and oxygen atoms in total. The number of nitrogens with two attached hydrogens (primary N) is 1. The first-order chi connectivity index (χ1) is 9.19. The van der Waals surface area contributed by atoms with Crippen LogP contribution in [0.25, 0.3) is 0 Å². The zero-order chi connectivity index (χ0) is 13.7. The first-order valence-corrected chi connectivity index (χ1v) is 6.75. The summed E-state index contributed by atoms with van der Waals surface area (Å²) in [5.74, 6) is 0.731. The molecule has 1 heterocycles. The minimum Gasteiger partial charge on any atom is -0.492 e. The molecular weight excluding hydrogens is 242 g/mol. The first kappa shape index (κ1) is 14.0. The van der Waals surface area contributed by atoms with Gasteiger partial charge >= 0.3 is 0 Å². The van der Waals surface area contributed by atoms with Crippen molar-refractivity contribution < 1.29 is 9.47 Å². The van der Waals surface area contributed by atoms with Crippen molar-refractivity contribution in [3.8, 4) is 5.75 Å². The van der Waals surface area contributed by atoms with E-state index in [4.69, 9.17) is 15.2 Å². The Morgan fingerprint density at radius 1 is 1.53 bits per heavy atom. The molecule has 106 valence electrons. The molecule has 0 saturated carbocycles. The molecule has 19 heavy (non-hydrogen) atoms. The Labute approximate surface area is 114 Å². The van der Waals surface area contributed by atoms with E-state index in [-0.39, 0.29) is 6.10 Å². The molecule has 0 spiro atoms. The van der Waals surface area contributed by atoms with E-state index in [1.807, 2.05) is 25.1 Å². The maximum Gasteiger partial charge on any atom is 0.144 e. The maximum absolute atomic E-state index is 5.85. The van der Waals surface area contributed by atoms with E-state index in [0.717, 1.165) is 37.7 Å². The van der Waals surface area contributed by atoms with Gasteiger partial charge in [-0.1, -0.05) is 0 Å². The van der Waals surface area contributed by atoms with E-state index in [1.165, 1.54) is 0 Å². The van der Waals surface area contributed by atoms with Crippen molar-refractivity contribution in [2.24, 2.45) is 0 Å². The molecule has 1 unspecified atom stereocenters. The first-order valence-electron chi connectivity index (χ1n) is 6.75. The highest BCUT2D eigenvalue weighted by molar-refractivity contribution is 5.61. The fourth-order valence-corrected chi connectivity index (χ4v) is 2.15. The topological polar surface area (TPSA) is 59.8 Å². The molecule has 0 aromatic heterocycles. The predicted molar refractivity (Wildman–Crippen MR) is 77.8 cm³/mol. The molecule has 0 aliphatic carbocycles. The van der Waals surface area contributed by atoms with Gasteiger partial charge < -0.3 is 25.4 Å². The standard InChI is InChI=1S/C14H23N3O2/c1-3-18-14-8-11(4-5-13(14)15)16-9-12-10-17(2)6-7-19-12/h4-5,8,12,16H,3,6-7,9-10,15H2,1-2H3. The molecule has 1 saturated heterocycles. The average Bonchev–Trinajstić information content (AvgIpc) is 2.40. The molecule has 0 amide bonds. The molecule has 3 N–H and O–H groups in total. The van der Waals surface area contributed by atoms with Gasteiger partial charge in [-0.3, -0.25) is 0 Å². The number of nitrogens with one attached hydrogen (secondary N) is 1. The highest BCUT2D eigenvalue weighted by Crippen LogP contribution is 2.25. The average molecular weight is 265 g/mol. The number of morpholine rings is 1. The number of hydrogen-bond acceptors (Lipinski definition) is 5. The van der Waals surface area contributed by atoms with Gasteiger partial charge in [-0.25, -0.2) is 0 Å². The summed E-state index contributed by atoms with van der Waals surface area (Å²) in [5, 5.41) is 3.37. The molecule has 1 aliphatic rings. The lowest BCUT2D eigenvalue weighted by atomic mass is 10.2. The number of nitrogen functional groups attached to an aromatic ring is 1. The largest absolute Gasteiger partial charge is 0.492 e. The number of rotatable bonds is 5. The predicted octanol–water partition coefficient (Wildman–Crippen LogP) is 1.41. The van der Waals surface area contributed by atoms with Gasteiger partial charge in [0.2, 0.25) is 0 Å². The molecule has 0 bridgehead atoms. The second-order valence-corrected chi connectivity index (χ2v) is 4.82. The summed E-state index contributed by atoms with van der Waals surface area (Å²) in [6.07, 6.45) is 0.229. The van der Waals surface area contributed by atoms with E-state index in [9.17, 15) is 0 Å². The van der Waals surface area contributed by atoms with E-state index in [0.29, 0.717) is 12.3 Å². The lowest BCUT2D eigenvalue weighted by Gasteiger charge is -2.30. The zero-order valence-electron chi connectivity index (χ0n) is 11.7. The SMILES string of the molecule is CCOc1cc(NCC2CN(C)CCO2)ccc1N. The lowest BCUT2D eigenvalue weighted by Crippen LogP contribution is -2.43. The van der Waals surface area contributed by atoms with Gasteiger partial charge in [0.25, 0.3) is 0 Å². The van der Waals surface area contributed by atoms with Gasteiger partial charge in [0.1, 0.15) is 5.75 Å². The number of anilines is 2. The second kappa shape index (κ2) is 6.63. The number of ether oxygens (including phenoxy) is 2. The number of hydrogen-bond donors (Lipinski definition) is 2. The van der Waals surface area contributed by atoms with Crippen molar-refractivity contribution in [1.82, 2.24) is 4.90 Å². The molecule has 5 heteroatoms. The number of benzene rings is 1. The molecule has 0 radical (unpaired) electrons. The fraction of sp³-hybridized carbons (Fsp3) is 0.571. The van der Waals surface area contributed by atoms with Gasteiger partial charge in [0, 0.05) is 31.4 Å². The lowest BCUT2D eigenvalue weighted by molar-refractivity contribution is -0.0117. The molecule has 1 atom stereocenters. The van der Waals surface area contributed by atoms with Crippen LogP contribution in [0.3, 0.4) is 0 Å². The highest BCUT2D eigenvalue weighted by Gasteiger charge is 2.17. The van der Waals surface area contributed by atoms with Gasteiger partial charge in [-0.05, 0) is 26.1 Å². The smallest absolute Gasteiger partial charge is 0.144 e. The van der Waals surface area contributed by atoms with Crippen molar-refractivity contribution >= 4 is 11.4 Å². The molecule has 1 fully saturated rings. The van der Waals surface area contributed by atoms with Crippen LogP contribution in [0.4, 0.5) is 11.4 Å². The minimum absolute atomic E-state index is 0.229. The van der Waals surface area contributed by atoms with Crippen LogP contribution in [0, 0.1) is 0 Å². The quantitative estimate of drug-likeness (QED) is 0.788. The van der Waals surface area contributed by atoms with Crippen LogP contribution in [-0.2, 0) is 4.74 Å². The van der Waals surface area contributed by atoms with E-state index in [2.05, 4.69) is 17.3 Å². The summed E-state index contributed by atoms with van der Waals surface area (Å²) < 4.78 is 11.2. The second-order valence-electron chi connectivity index (χ2n) is 4.82. The van der Waals surface area contributed by atoms with Crippen LogP contribution in [0.2, 0.25) is 0 Å². The molecular formula is C14H23N3O2. The number of nitrogens with zero attached hydrogens (tertiary/aromatic N) is 1. The van der Waals surface area contributed by atoms with Crippen LogP contribution < -0.4 is 15.8 Å². The third-order valence-corrected chi connectivity index (χ3v) is 3.19. The third kappa shape index (κ3) is 4.01. The third-order valence-electron chi connectivity index (χ3n) is 3.19. The zero-order valence-corrected chi connectivity index (χ0v) is 11.7. The number of likely N-dealkylation sites (N-methyl/N-ethyl adjacent to an activating group) is 1. The van der Waals surface area contributed by atoms with Crippen LogP contribution in [0.15, 0.2) is 18.2 Å². The van der Waals surface area contributed by atoms with Crippen molar-refractivity contribution in [2.45, 2.75) is 13.0 Å². The van der Waals surface area contributed by atoms with Gasteiger partial charge in [-0.2, -0.15) is 0 Å². The summed E-state index contributed by atoms with van der Waals surface area (Å²) in [6, 6.07) is 5.76. The van der Waals surface area contributed by atoms with Crippen LogP contribution in [0.5, 0.6) is 5.75 Å². The molecule has 1 aromatic rings.